The molecule has 1 aromatic heterocycles. The number of aryl methyl sites for hydroxylation is 1. The third-order valence-electron chi connectivity index (χ3n) is 5.64. The minimum absolute atomic E-state index is 0.0682. The second kappa shape index (κ2) is 11.6. The van der Waals surface area contributed by atoms with Crippen molar-refractivity contribution in [3.05, 3.63) is 88.6 Å². The predicted molar refractivity (Wildman–Crippen MR) is 138 cm³/mol. The molecule has 0 saturated carbocycles. The molecular weight excluding hydrogens is 462 g/mol. The van der Waals surface area contributed by atoms with Gasteiger partial charge in [0.25, 0.3) is 0 Å². The lowest BCUT2D eigenvalue weighted by Gasteiger charge is -2.27. The van der Waals surface area contributed by atoms with Crippen molar-refractivity contribution in [2.45, 2.75) is 26.4 Å². The molecule has 0 aliphatic carbocycles. The molecule has 4 rings (SSSR count). The average Bonchev–Trinajstić information content (AvgIpc) is 3.55. The zero-order chi connectivity index (χ0) is 24.6. The molecule has 0 atom stereocenters. The number of rotatable bonds is 10. The number of carbonyl (C=O) groups is 2. The minimum Gasteiger partial charge on any atom is -0.454 e. The molecule has 0 spiro atoms. The Bertz CT molecular complexity index is 1180. The summed E-state index contributed by atoms with van der Waals surface area (Å²) in [7, 11) is 0. The third kappa shape index (κ3) is 6.42. The van der Waals surface area contributed by atoms with Crippen molar-refractivity contribution in [2.24, 2.45) is 0 Å². The first-order valence-electron chi connectivity index (χ1n) is 11.5. The van der Waals surface area contributed by atoms with Gasteiger partial charge in [0.1, 0.15) is 6.54 Å². The number of anilines is 1. The van der Waals surface area contributed by atoms with E-state index in [1.807, 2.05) is 60.0 Å². The molecule has 0 fully saturated rings. The van der Waals surface area contributed by atoms with Gasteiger partial charge in [-0.25, -0.2) is 4.79 Å². The normalized spacial score (nSPS) is 11.7. The molecule has 3 aromatic rings. The van der Waals surface area contributed by atoms with E-state index < -0.39 is 0 Å². The molecule has 8 heteroatoms. The SMILES string of the molecule is C=CCN(CC(=O)N(Cc1ccc2c(c1)OCO2)Cc1cccs1)C(=O)Nc1cccc(CC)c1. The van der Waals surface area contributed by atoms with Crippen LogP contribution in [0.25, 0.3) is 0 Å². The fourth-order valence-corrected chi connectivity index (χ4v) is 4.51. The average molecular weight is 492 g/mol. The second-order valence-electron chi connectivity index (χ2n) is 8.17. The summed E-state index contributed by atoms with van der Waals surface area (Å²) in [6, 6.07) is 17.0. The van der Waals surface area contributed by atoms with Crippen molar-refractivity contribution in [3.63, 3.8) is 0 Å². The van der Waals surface area contributed by atoms with Crippen LogP contribution in [0, 0.1) is 0 Å². The van der Waals surface area contributed by atoms with Crippen LogP contribution < -0.4 is 14.8 Å². The van der Waals surface area contributed by atoms with E-state index in [0.717, 1.165) is 22.4 Å². The summed E-state index contributed by atoms with van der Waals surface area (Å²) in [5.41, 5.74) is 2.75. The summed E-state index contributed by atoms with van der Waals surface area (Å²) in [6.45, 7) is 7.04. The Morgan fingerprint density at radius 2 is 1.89 bits per heavy atom. The van der Waals surface area contributed by atoms with E-state index in [9.17, 15) is 9.59 Å². The summed E-state index contributed by atoms with van der Waals surface area (Å²) in [4.78, 5) is 30.8. The van der Waals surface area contributed by atoms with Crippen LogP contribution in [0.2, 0.25) is 0 Å². The smallest absolute Gasteiger partial charge is 0.322 e. The van der Waals surface area contributed by atoms with Gasteiger partial charge in [0.05, 0.1) is 6.54 Å². The van der Waals surface area contributed by atoms with Gasteiger partial charge in [0.2, 0.25) is 12.7 Å². The highest BCUT2D eigenvalue weighted by Crippen LogP contribution is 2.33. The van der Waals surface area contributed by atoms with E-state index in [2.05, 4.69) is 18.8 Å². The molecule has 3 amide bonds. The standard InChI is InChI=1S/C27H29N3O4S/c1-3-12-29(27(32)28-22-8-5-7-20(4-2)14-22)18-26(31)30(17-23-9-6-13-35-23)16-21-10-11-24-25(15-21)34-19-33-24/h3,5-11,13-15H,1,4,12,16-19H2,2H3,(H,28,32). The molecule has 1 N–H and O–H groups in total. The van der Waals surface area contributed by atoms with Gasteiger partial charge in [-0.15, -0.1) is 17.9 Å². The molecule has 182 valence electrons. The molecule has 1 aliphatic rings. The van der Waals surface area contributed by atoms with E-state index in [-0.39, 0.29) is 31.8 Å². The highest BCUT2D eigenvalue weighted by atomic mass is 32.1. The van der Waals surface area contributed by atoms with E-state index >= 15 is 0 Å². The van der Waals surface area contributed by atoms with Gasteiger partial charge < -0.3 is 24.6 Å². The van der Waals surface area contributed by atoms with Crippen LogP contribution in [-0.2, 0) is 24.3 Å². The van der Waals surface area contributed by atoms with Crippen LogP contribution in [-0.4, -0.2) is 41.6 Å². The maximum Gasteiger partial charge on any atom is 0.322 e. The lowest BCUT2D eigenvalue weighted by molar-refractivity contribution is -0.132. The first-order chi connectivity index (χ1) is 17.1. The number of nitrogens with one attached hydrogen (secondary N) is 1. The number of thiophene rings is 1. The van der Waals surface area contributed by atoms with Gasteiger partial charge in [0, 0.05) is 23.7 Å². The summed E-state index contributed by atoms with van der Waals surface area (Å²) in [6.07, 6.45) is 2.49. The molecule has 2 heterocycles. The fourth-order valence-electron chi connectivity index (χ4n) is 3.79. The molecule has 0 saturated heterocycles. The lowest BCUT2D eigenvalue weighted by Crippen LogP contribution is -2.44. The van der Waals surface area contributed by atoms with E-state index in [1.54, 1.807) is 22.3 Å². The van der Waals surface area contributed by atoms with Crippen molar-refractivity contribution >= 4 is 29.0 Å². The number of fused-ring (bicyclic) bond motifs is 1. The maximum atomic E-state index is 13.5. The third-order valence-corrected chi connectivity index (χ3v) is 6.50. The molecule has 0 unspecified atom stereocenters. The molecule has 0 radical (unpaired) electrons. The maximum absolute atomic E-state index is 13.5. The number of hydrogen-bond acceptors (Lipinski definition) is 5. The van der Waals surface area contributed by atoms with Crippen molar-refractivity contribution in [3.8, 4) is 11.5 Å². The van der Waals surface area contributed by atoms with Gasteiger partial charge in [-0.05, 0) is 53.3 Å². The quantitative estimate of drug-likeness (QED) is 0.391. The Labute approximate surface area is 209 Å². The molecule has 0 bridgehead atoms. The van der Waals surface area contributed by atoms with E-state index in [4.69, 9.17) is 9.47 Å². The zero-order valence-electron chi connectivity index (χ0n) is 19.7. The van der Waals surface area contributed by atoms with Crippen LogP contribution in [0.1, 0.15) is 22.9 Å². The zero-order valence-corrected chi connectivity index (χ0v) is 20.6. The summed E-state index contributed by atoms with van der Waals surface area (Å²) >= 11 is 1.59. The fraction of sp³-hybridized carbons (Fsp3) is 0.259. The van der Waals surface area contributed by atoms with Crippen molar-refractivity contribution in [2.75, 3.05) is 25.2 Å². The van der Waals surface area contributed by atoms with Crippen LogP contribution in [0.15, 0.2) is 72.6 Å². The highest BCUT2D eigenvalue weighted by molar-refractivity contribution is 7.09. The van der Waals surface area contributed by atoms with Crippen LogP contribution in [0.5, 0.6) is 11.5 Å². The number of carbonyl (C=O) groups excluding carboxylic acids is 2. The molecule has 35 heavy (non-hydrogen) atoms. The molecule has 7 nitrogen and oxygen atoms in total. The first kappa shape index (κ1) is 24.3. The van der Waals surface area contributed by atoms with Crippen LogP contribution >= 0.6 is 11.3 Å². The summed E-state index contributed by atoms with van der Waals surface area (Å²) < 4.78 is 10.9. The Morgan fingerprint density at radius 3 is 2.66 bits per heavy atom. The Morgan fingerprint density at radius 1 is 1.03 bits per heavy atom. The highest BCUT2D eigenvalue weighted by Gasteiger charge is 2.23. The first-order valence-corrected chi connectivity index (χ1v) is 12.4. The minimum atomic E-state index is -0.342. The molecule has 1 aliphatic heterocycles. The van der Waals surface area contributed by atoms with Crippen molar-refractivity contribution in [1.29, 1.82) is 0 Å². The largest absolute Gasteiger partial charge is 0.454 e. The molecular formula is C27H29N3O4S. The van der Waals surface area contributed by atoms with Gasteiger partial charge in [-0.2, -0.15) is 0 Å². The molecule has 2 aromatic carbocycles. The predicted octanol–water partition coefficient (Wildman–Crippen LogP) is 5.29. The van der Waals surface area contributed by atoms with Crippen LogP contribution in [0.4, 0.5) is 10.5 Å². The lowest BCUT2D eigenvalue weighted by atomic mass is 10.1. The Hall–Kier alpha value is -3.78. The van der Waals surface area contributed by atoms with Gasteiger partial charge in [-0.3, -0.25) is 4.79 Å². The summed E-state index contributed by atoms with van der Waals surface area (Å²) in [5.74, 6) is 1.22. The Balaban J connectivity index is 1.48. The monoisotopic (exact) mass is 491 g/mol. The number of benzene rings is 2. The topological polar surface area (TPSA) is 71.1 Å². The van der Waals surface area contributed by atoms with Gasteiger partial charge in [-0.1, -0.05) is 37.3 Å². The number of hydrogen-bond donors (Lipinski definition) is 1. The second-order valence-corrected chi connectivity index (χ2v) is 9.20. The van der Waals surface area contributed by atoms with E-state index in [0.29, 0.717) is 30.3 Å². The number of nitrogens with zero attached hydrogens (tertiary/aromatic N) is 2. The summed E-state index contributed by atoms with van der Waals surface area (Å²) in [5, 5.41) is 4.90. The van der Waals surface area contributed by atoms with Crippen molar-refractivity contribution < 1.29 is 19.1 Å². The number of amides is 3. The van der Waals surface area contributed by atoms with E-state index in [1.165, 1.54) is 4.90 Å². The van der Waals surface area contributed by atoms with Crippen molar-refractivity contribution in [1.82, 2.24) is 9.80 Å². The number of urea groups is 1. The van der Waals surface area contributed by atoms with Crippen LogP contribution in [0.3, 0.4) is 0 Å². The Kier molecular flexibility index (Phi) is 8.05. The van der Waals surface area contributed by atoms with Gasteiger partial charge >= 0.3 is 6.03 Å². The van der Waals surface area contributed by atoms with Gasteiger partial charge in [0.15, 0.2) is 11.5 Å². The number of ether oxygens (including phenoxy) is 2.